The Labute approximate surface area is 340 Å². The quantitative estimate of drug-likeness (QED) is 0.176. The second-order valence-electron chi connectivity index (χ2n) is 16.1. The lowest BCUT2D eigenvalue weighted by molar-refractivity contribution is 0.565. The van der Waals surface area contributed by atoms with Crippen molar-refractivity contribution in [1.82, 2.24) is 9.97 Å². The number of hydrogen-bond acceptors (Lipinski definition) is 2. The largest absolute Gasteiger partial charge is 0.228 e. The van der Waals surface area contributed by atoms with E-state index in [2.05, 4.69) is 214 Å². The minimum Gasteiger partial charge on any atom is -0.228 e. The van der Waals surface area contributed by atoms with Crippen LogP contribution < -0.4 is 0 Å². The zero-order chi connectivity index (χ0) is 38.8. The highest BCUT2D eigenvalue weighted by molar-refractivity contribution is 5.91. The lowest BCUT2D eigenvalue weighted by Crippen LogP contribution is -2.41. The van der Waals surface area contributed by atoms with Crippen LogP contribution in [-0.2, 0) is 10.8 Å². The van der Waals surface area contributed by atoms with Gasteiger partial charge in [-0.15, -0.1) is 0 Å². The topological polar surface area (TPSA) is 25.8 Å². The SMILES string of the molecule is CC1(C)c2ccccc2C2(c3ccccc3-c3ccccc32)c2cccc(-c3cccc(-c4cc(-c5ccccc5-c5ccccc5)nc(-c5ccccc5)n4)c3)c21. The van der Waals surface area contributed by atoms with Crippen LogP contribution in [0.4, 0.5) is 0 Å². The Balaban J connectivity index is 1.13. The average molecular weight is 741 g/mol. The van der Waals surface area contributed by atoms with Crippen LogP contribution in [0.25, 0.3) is 67.3 Å². The molecule has 274 valence electrons. The van der Waals surface area contributed by atoms with Crippen LogP contribution in [0.5, 0.6) is 0 Å². The van der Waals surface area contributed by atoms with Crippen LogP contribution in [-0.4, -0.2) is 9.97 Å². The molecule has 0 unspecified atom stereocenters. The highest BCUT2D eigenvalue weighted by Gasteiger charge is 2.53. The van der Waals surface area contributed by atoms with Gasteiger partial charge in [0.25, 0.3) is 0 Å². The van der Waals surface area contributed by atoms with Gasteiger partial charge in [0.2, 0.25) is 0 Å². The molecule has 2 aliphatic rings. The fourth-order valence-electron chi connectivity index (χ4n) is 10.1. The Morgan fingerprint density at radius 1 is 0.310 bits per heavy atom. The number of nitrogens with zero attached hydrogens (tertiary/aromatic N) is 2. The van der Waals surface area contributed by atoms with Gasteiger partial charge in [0, 0.05) is 22.1 Å². The number of hydrogen-bond donors (Lipinski definition) is 0. The van der Waals surface area contributed by atoms with Gasteiger partial charge in [-0.2, -0.15) is 0 Å². The predicted molar refractivity (Wildman–Crippen MR) is 239 cm³/mol. The molecule has 0 aliphatic heterocycles. The smallest absolute Gasteiger partial charge is 0.160 e. The van der Waals surface area contributed by atoms with Gasteiger partial charge in [0.15, 0.2) is 5.82 Å². The van der Waals surface area contributed by atoms with Crippen LogP contribution in [0.2, 0.25) is 0 Å². The zero-order valence-electron chi connectivity index (χ0n) is 32.5. The molecule has 1 spiro atoms. The molecule has 9 aromatic rings. The summed E-state index contributed by atoms with van der Waals surface area (Å²) in [6.07, 6.45) is 0. The van der Waals surface area contributed by atoms with Crippen LogP contribution in [0.1, 0.15) is 47.2 Å². The van der Waals surface area contributed by atoms with E-state index >= 15 is 0 Å². The third-order valence-corrected chi connectivity index (χ3v) is 12.6. The van der Waals surface area contributed by atoms with E-state index in [1.165, 1.54) is 55.6 Å². The summed E-state index contributed by atoms with van der Waals surface area (Å²) in [5.74, 6) is 0.705. The van der Waals surface area contributed by atoms with Crippen molar-refractivity contribution in [2.75, 3.05) is 0 Å². The normalized spacial score (nSPS) is 14.0. The van der Waals surface area contributed by atoms with E-state index in [9.17, 15) is 0 Å². The van der Waals surface area contributed by atoms with Crippen molar-refractivity contribution in [3.8, 4) is 67.3 Å². The molecule has 2 heteroatoms. The lowest BCUT2D eigenvalue weighted by Gasteiger charge is -2.47. The lowest BCUT2D eigenvalue weighted by atomic mass is 9.54. The van der Waals surface area contributed by atoms with E-state index in [4.69, 9.17) is 9.97 Å². The fraction of sp³-hybridized carbons (Fsp3) is 0.0714. The molecule has 0 saturated heterocycles. The standard InChI is InChI=1S/C56H40N2/c1-55(2)48-32-15-16-33-49(48)56(46-30-13-11-26-43(46)44-27-12-14-31-47(44)56)50-34-18-29-42(53(50)55)39-23-17-24-40(35-39)51-36-52(58-54(57-51)38-21-7-4-8-22-38)45-28-10-9-25-41(45)37-19-5-3-6-20-37/h3-36H,1-2H3. The van der Waals surface area contributed by atoms with Gasteiger partial charge in [-0.3, -0.25) is 0 Å². The molecule has 0 fully saturated rings. The van der Waals surface area contributed by atoms with Crippen LogP contribution in [0.3, 0.4) is 0 Å². The molecule has 8 aromatic carbocycles. The van der Waals surface area contributed by atoms with E-state index in [1.807, 2.05) is 6.07 Å². The predicted octanol–water partition coefficient (Wildman–Crippen LogP) is 13.8. The minimum atomic E-state index is -0.444. The molecule has 0 amide bonds. The van der Waals surface area contributed by atoms with Crippen molar-refractivity contribution in [2.24, 2.45) is 0 Å². The molecule has 2 nitrogen and oxygen atoms in total. The van der Waals surface area contributed by atoms with E-state index in [1.54, 1.807) is 0 Å². The van der Waals surface area contributed by atoms with E-state index in [0.717, 1.165) is 39.2 Å². The number of fused-ring (bicyclic) bond motifs is 9. The summed E-state index contributed by atoms with van der Waals surface area (Å²) < 4.78 is 0. The van der Waals surface area contributed by atoms with Gasteiger partial charge in [0.1, 0.15) is 0 Å². The highest BCUT2D eigenvalue weighted by Crippen LogP contribution is 2.63. The van der Waals surface area contributed by atoms with Crippen LogP contribution >= 0.6 is 0 Å². The summed E-state index contributed by atoms with van der Waals surface area (Å²) in [6.45, 7) is 4.81. The van der Waals surface area contributed by atoms with E-state index in [-0.39, 0.29) is 5.41 Å². The van der Waals surface area contributed by atoms with Crippen molar-refractivity contribution < 1.29 is 0 Å². The molecule has 58 heavy (non-hydrogen) atoms. The molecule has 0 saturated carbocycles. The molecule has 0 atom stereocenters. The van der Waals surface area contributed by atoms with Crippen molar-refractivity contribution >= 4 is 0 Å². The minimum absolute atomic E-state index is 0.278. The zero-order valence-corrected chi connectivity index (χ0v) is 32.5. The average Bonchev–Trinajstić information content (AvgIpc) is 3.59. The molecule has 0 radical (unpaired) electrons. The summed E-state index contributed by atoms with van der Waals surface area (Å²) in [5, 5.41) is 0. The van der Waals surface area contributed by atoms with Gasteiger partial charge < -0.3 is 0 Å². The summed E-state index contributed by atoms with van der Waals surface area (Å²) in [6, 6.07) is 74.8. The first-order chi connectivity index (χ1) is 28.5. The Morgan fingerprint density at radius 3 is 1.47 bits per heavy atom. The third kappa shape index (κ3) is 5.05. The first-order valence-corrected chi connectivity index (χ1v) is 20.2. The Bertz CT molecular complexity index is 2990. The Morgan fingerprint density at radius 2 is 0.776 bits per heavy atom. The van der Waals surface area contributed by atoms with E-state index in [0.29, 0.717) is 5.82 Å². The molecule has 1 aromatic heterocycles. The molecule has 1 heterocycles. The Kier molecular flexibility index (Phi) is 7.78. The maximum absolute atomic E-state index is 5.28. The summed E-state index contributed by atoms with van der Waals surface area (Å²) in [4.78, 5) is 10.5. The maximum Gasteiger partial charge on any atom is 0.160 e. The second-order valence-corrected chi connectivity index (χ2v) is 16.1. The van der Waals surface area contributed by atoms with Crippen molar-refractivity contribution in [2.45, 2.75) is 24.7 Å². The van der Waals surface area contributed by atoms with Crippen molar-refractivity contribution in [1.29, 1.82) is 0 Å². The van der Waals surface area contributed by atoms with Gasteiger partial charge in [-0.25, -0.2) is 9.97 Å². The van der Waals surface area contributed by atoms with Crippen molar-refractivity contribution in [3.05, 3.63) is 240 Å². The number of benzene rings is 8. The number of aromatic nitrogens is 2. The van der Waals surface area contributed by atoms with Crippen LogP contribution in [0, 0.1) is 0 Å². The van der Waals surface area contributed by atoms with Gasteiger partial charge in [0.05, 0.1) is 16.8 Å². The highest BCUT2D eigenvalue weighted by atomic mass is 14.9. The summed E-state index contributed by atoms with van der Waals surface area (Å²) in [5.41, 5.74) is 19.7. The monoisotopic (exact) mass is 740 g/mol. The Hall–Kier alpha value is -7.16. The molecule has 0 bridgehead atoms. The first kappa shape index (κ1) is 34.1. The molecule has 11 rings (SSSR count). The van der Waals surface area contributed by atoms with Gasteiger partial charge in [-0.1, -0.05) is 208 Å². The van der Waals surface area contributed by atoms with Crippen molar-refractivity contribution in [3.63, 3.8) is 0 Å². The first-order valence-electron chi connectivity index (χ1n) is 20.2. The van der Waals surface area contributed by atoms with Gasteiger partial charge in [-0.05, 0) is 78.9 Å². The van der Waals surface area contributed by atoms with Crippen LogP contribution in [0.15, 0.2) is 206 Å². The maximum atomic E-state index is 5.28. The molecule has 2 aliphatic carbocycles. The van der Waals surface area contributed by atoms with Gasteiger partial charge >= 0.3 is 0 Å². The second kappa shape index (κ2) is 13.2. The fourth-order valence-corrected chi connectivity index (χ4v) is 10.1. The summed E-state index contributed by atoms with van der Waals surface area (Å²) in [7, 11) is 0. The van der Waals surface area contributed by atoms with E-state index < -0.39 is 5.41 Å². The molecule has 0 N–H and O–H groups in total. The third-order valence-electron chi connectivity index (χ3n) is 12.6. The molecular weight excluding hydrogens is 701 g/mol. The molecular formula is C56H40N2. The number of rotatable bonds is 5. The summed E-state index contributed by atoms with van der Waals surface area (Å²) >= 11 is 0.